The Morgan fingerprint density at radius 2 is 1.68 bits per heavy atom. The third-order valence-corrected chi connectivity index (χ3v) is 8.53. The van der Waals surface area contributed by atoms with E-state index >= 15 is 0 Å². The van der Waals surface area contributed by atoms with Gasteiger partial charge in [-0.2, -0.15) is 13.2 Å². The van der Waals surface area contributed by atoms with Crippen molar-refractivity contribution in [2.24, 2.45) is 11.3 Å². The van der Waals surface area contributed by atoms with Gasteiger partial charge in [0, 0.05) is 34.6 Å². The molecule has 5 rings (SSSR count). The maximum atomic E-state index is 12.8. The molecular formula is C28H36F3N5S. The van der Waals surface area contributed by atoms with Crippen LogP contribution in [-0.2, 0) is 0 Å². The average Bonchev–Trinajstić information content (AvgIpc) is 3.30. The Morgan fingerprint density at radius 1 is 1.00 bits per heavy atom. The van der Waals surface area contributed by atoms with Crippen LogP contribution in [-0.4, -0.2) is 27.1 Å². The Balaban J connectivity index is 1.53. The molecule has 4 atom stereocenters. The number of hydrazine groups is 1. The largest absolute Gasteiger partial charge is 0.446 e. The molecule has 0 spiro atoms. The lowest BCUT2D eigenvalue weighted by molar-refractivity contribution is -0.0328. The molecule has 2 heterocycles. The second kappa shape index (κ2) is 9.82. The number of hydrogen-bond acceptors (Lipinski definition) is 5. The van der Waals surface area contributed by atoms with E-state index in [4.69, 9.17) is 4.98 Å². The number of halogens is 3. The van der Waals surface area contributed by atoms with Crippen molar-refractivity contribution in [3.63, 3.8) is 0 Å². The Kier molecular flexibility index (Phi) is 7.00. The fraction of sp³-hybridized carbons (Fsp3) is 0.536. The van der Waals surface area contributed by atoms with Crippen LogP contribution in [0.25, 0.3) is 11.0 Å². The van der Waals surface area contributed by atoms with Gasteiger partial charge in [-0.3, -0.25) is 10.9 Å². The molecule has 0 bridgehead atoms. The normalized spacial score (nSPS) is 28.1. The molecule has 0 radical (unpaired) electrons. The number of nitrogens with one attached hydrogen (secondary N) is 3. The molecule has 2 aliphatic rings. The number of alkyl halides is 3. The Bertz CT molecular complexity index is 1240. The van der Waals surface area contributed by atoms with Crippen LogP contribution in [0.1, 0.15) is 71.4 Å². The van der Waals surface area contributed by atoms with Gasteiger partial charge in [0.25, 0.3) is 0 Å². The Labute approximate surface area is 221 Å². The number of anilines is 2. The lowest BCUT2D eigenvalue weighted by Gasteiger charge is -2.40. The van der Waals surface area contributed by atoms with Gasteiger partial charge in [0.15, 0.2) is 0 Å². The molecule has 37 heavy (non-hydrogen) atoms. The van der Waals surface area contributed by atoms with Crippen molar-refractivity contribution >= 4 is 34.4 Å². The lowest BCUT2D eigenvalue weighted by atomic mass is 9.70. The van der Waals surface area contributed by atoms with E-state index in [0.29, 0.717) is 23.9 Å². The zero-order valence-electron chi connectivity index (χ0n) is 22.0. The maximum Gasteiger partial charge on any atom is 0.446 e. The minimum Gasteiger partial charge on any atom is -0.326 e. The second-order valence-corrected chi connectivity index (χ2v) is 12.8. The van der Waals surface area contributed by atoms with E-state index in [1.54, 1.807) is 12.1 Å². The molecule has 2 unspecified atom stereocenters. The quantitative estimate of drug-likeness (QED) is 0.294. The summed E-state index contributed by atoms with van der Waals surface area (Å²) < 4.78 is 40.7. The van der Waals surface area contributed by atoms with Gasteiger partial charge in [0.05, 0.1) is 11.0 Å². The van der Waals surface area contributed by atoms with E-state index in [1.165, 1.54) is 24.1 Å². The van der Waals surface area contributed by atoms with Crippen molar-refractivity contribution < 1.29 is 13.2 Å². The first-order valence-electron chi connectivity index (χ1n) is 13.0. The number of imidazole rings is 1. The highest BCUT2D eigenvalue weighted by molar-refractivity contribution is 8.00. The van der Waals surface area contributed by atoms with Gasteiger partial charge >= 0.3 is 5.51 Å². The van der Waals surface area contributed by atoms with E-state index in [2.05, 4.69) is 73.6 Å². The predicted molar refractivity (Wildman–Crippen MR) is 145 cm³/mol. The van der Waals surface area contributed by atoms with Gasteiger partial charge in [-0.1, -0.05) is 26.8 Å². The van der Waals surface area contributed by atoms with Gasteiger partial charge in [0.2, 0.25) is 5.95 Å². The highest BCUT2D eigenvalue weighted by Gasteiger charge is 2.36. The summed E-state index contributed by atoms with van der Waals surface area (Å²) in [5, 5.41) is 3.43. The molecule has 9 heteroatoms. The van der Waals surface area contributed by atoms with Gasteiger partial charge in [-0.05, 0) is 98.2 Å². The number of fused-ring (bicyclic) bond motifs is 1. The van der Waals surface area contributed by atoms with Crippen LogP contribution in [0.3, 0.4) is 0 Å². The fourth-order valence-electron chi connectivity index (χ4n) is 6.60. The van der Waals surface area contributed by atoms with Crippen LogP contribution in [0.5, 0.6) is 0 Å². The van der Waals surface area contributed by atoms with E-state index in [0.717, 1.165) is 35.5 Å². The molecule has 2 aromatic carbocycles. The summed E-state index contributed by atoms with van der Waals surface area (Å²) in [5.74, 6) is 1.66. The van der Waals surface area contributed by atoms with Crippen molar-refractivity contribution in [2.45, 2.75) is 88.3 Å². The number of benzene rings is 2. The van der Waals surface area contributed by atoms with E-state index < -0.39 is 5.51 Å². The maximum absolute atomic E-state index is 12.8. The molecule has 1 aliphatic heterocycles. The zero-order chi connectivity index (χ0) is 26.5. The second-order valence-electron chi connectivity index (χ2n) is 11.7. The van der Waals surface area contributed by atoms with Gasteiger partial charge in [0.1, 0.15) is 0 Å². The lowest BCUT2D eigenvalue weighted by Crippen LogP contribution is -2.30. The summed E-state index contributed by atoms with van der Waals surface area (Å²) in [7, 11) is 0. The Hall–Kier alpha value is -2.23. The molecule has 2 fully saturated rings. The number of hydrogen-bond donors (Lipinski definition) is 3. The first-order chi connectivity index (χ1) is 17.4. The topological polar surface area (TPSA) is 53.9 Å². The molecule has 1 aromatic heterocycles. The number of aromatic nitrogens is 2. The molecule has 1 saturated heterocycles. The highest BCUT2D eigenvalue weighted by atomic mass is 32.2. The zero-order valence-corrected chi connectivity index (χ0v) is 22.8. The highest BCUT2D eigenvalue weighted by Crippen LogP contribution is 2.46. The summed E-state index contributed by atoms with van der Waals surface area (Å²) in [6.45, 7) is 11.4. The molecular weight excluding hydrogens is 495 g/mol. The van der Waals surface area contributed by atoms with Crippen molar-refractivity contribution in [3.8, 4) is 0 Å². The van der Waals surface area contributed by atoms with Crippen LogP contribution < -0.4 is 16.2 Å². The summed E-state index contributed by atoms with van der Waals surface area (Å²) in [6.07, 6.45) is 3.31. The minimum absolute atomic E-state index is 0.0996. The van der Waals surface area contributed by atoms with Crippen LogP contribution in [0.15, 0.2) is 47.4 Å². The van der Waals surface area contributed by atoms with Crippen LogP contribution in [0.2, 0.25) is 0 Å². The monoisotopic (exact) mass is 531 g/mol. The third-order valence-electron chi connectivity index (χ3n) is 7.79. The summed E-state index contributed by atoms with van der Waals surface area (Å²) >= 11 is -0.0996. The molecule has 200 valence electrons. The van der Waals surface area contributed by atoms with Gasteiger partial charge in [-0.25, -0.2) is 4.98 Å². The molecule has 3 aromatic rings. The smallest absolute Gasteiger partial charge is 0.326 e. The number of thioether (sulfide) groups is 1. The van der Waals surface area contributed by atoms with Crippen molar-refractivity contribution in [1.82, 2.24) is 20.4 Å². The van der Waals surface area contributed by atoms with Crippen LogP contribution in [0, 0.1) is 11.3 Å². The average molecular weight is 532 g/mol. The molecule has 1 saturated carbocycles. The van der Waals surface area contributed by atoms with Crippen molar-refractivity contribution in [2.75, 3.05) is 5.32 Å². The SMILES string of the molecule is CC1NNC(C)C1c1ccc2c(c1)nc(Nc1ccc(SC(F)(F)F)cc1)n2[C@H]1C[C@@H](C)CC(C)(C)C1. The molecule has 5 nitrogen and oxygen atoms in total. The fourth-order valence-corrected chi connectivity index (χ4v) is 7.13. The van der Waals surface area contributed by atoms with Gasteiger partial charge < -0.3 is 9.88 Å². The molecule has 1 aliphatic carbocycles. The van der Waals surface area contributed by atoms with Gasteiger partial charge in [-0.15, -0.1) is 0 Å². The minimum atomic E-state index is -4.30. The summed E-state index contributed by atoms with van der Waals surface area (Å²) in [4.78, 5) is 5.21. The standard InChI is InChI=1S/C28H36F3N5S/c1-16-12-21(15-27(4,5)14-16)36-24-11-6-19(25-17(2)34-35-18(25)3)13-23(24)33-26(36)32-20-7-9-22(10-8-20)37-28(29,30)31/h6-11,13,16-18,21,25,34-35H,12,14-15H2,1-5H3,(H,32,33)/t16-,17?,18?,21+,25?/m1/s1. The molecule has 3 N–H and O–H groups in total. The Morgan fingerprint density at radius 3 is 2.30 bits per heavy atom. The van der Waals surface area contributed by atoms with E-state index in [-0.39, 0.29) is 28.1 Å². The first-order valence-corrected chi connectivity index (χ1v) is 13.9. The summed E-state index contributed by atoms with van der Waals surface area (Å²) in [6, 6.07) is 13.9. The van der Waals surface area contributed by atoms with Crippen LogP contribution >= 0.6 is 11.8 Å². The van der Waals surface area contributed by atoms with Crippen molar-refractivity contribution in [3.05, 3.63) is 48.0 Å². The van der Waals surface area contributed by atoms with Crippen molar-refractivity contribution in [1.29, 1.82) is 0 Å². The van der Waals surface area contributed by atoms with E-state index in [1.807, 2.05) is 0 Å². The predicted octanol–water partition coefficient (Wildman–Crippen LogP) is 7.75. The molecule has 0 amide bonds. The van der Waals surface area contributed by atoms with E-state index in [9.17, 15) is 13.2 Å². The third kappa shape index (κ3) is 5.78. The summed E-state index contributed by atoms with van der Waals surface area (Å²) in [5.41, 5.74) is 6.59. The number of rotatable bonds is 5. The number of nitrogens with zero attached hydrogens (tertiary/aromatic N) is 2. The first kappa shape index (κ1) is 26.4. The van der Waals surface area contributed by atoms with Crippen LogP contribution in [0.4, 0.5) is 24.8 Å².